The van der Waals surface area contributed by atoms with Crippen LogP contribution in [0.1, 0.15) is 38.3 Å². The van der Waals surface area contributed by atoms with Crippen LogP contribution in [0.4, 0.5) is 5.82 Å². The zero-order valence-corrected chi connectivity index (χ0v) is 11.5. The minimum atomic E-state index is 0.531. The van der Waals surface area contributed by atoms with Crippen molar-refractivity contribution >= 4 is 11.5 Å². The Labute approximate surface area is 114 Å². The van der Waals surface area contributed by atoms with Crippen LogP contribution in [-0.2, 0) is 6.54 Å². The quantitative estimate of drug-likeness (QED) is 0.900. The predicted molar refractivity (Wildman–Crippen MR) is 78.4 cm³/mol. The highest BCUT2D eigenvalue weighted by Gasteiger charge is 2.23. The van der Waals surface area contributed by atoms with Gasteiger partial charge in [0.05, 0.1) is 5.69 Å². The van der Waals surface area contributed by atoms with Crippen LogP contribution in [0.25, 0.3) is 5.65 Å². The Morgan fingerprint density at radius 3 is 3.05 bits per heavy atom. The van der Waals surface area contributed by atoms with Gasteiger partial charge in [0.15, 0.2) is 5.82 Å². The van der Waals surface area contributed by atoms with Gasteiger partial charge in [0, 0.05) is 25.3 Å². The van der Waals surface area contributed by atoms with Crippen LogP contribution in [0.2, 0.25) is 0 Å². The highest BCUT2D eigenvalue weighted by molar-refractivity contribution is 5.56. The molecular weight excluding hydrogens is 236 g/mol. The first kappa shape index (κ1) is 12.5. The highest BCUT2D eigenvalue weighted by atomic mass is 15.3. The van der Waals surface area contributed by atoms with Crippen LogP contribution in [0.3, 0.4) is 0 Å². The van der Waals surface area contributed by atoms with Gasteiger partial charge in [-0.15, -0.1) is 0 Å². The molecule has 4 heteroatoms. The van der Waals surface area contributed by atoms with Gasteiger partial charge < -0.3 is 15.0 Å². The summed E-state index contributed by atoms with van der Waals surface area (Å²) in [6.45, 7) is 3.93. The largest absolute Gasteiger partial charge is 0.352 e. The van der Waals surface area contributed by atoms with E-state index in [2.05, 4.69) is 22.4 Å². The molecule has 0 aromatic carbocycles. The minimum Gasteiger partial charge on any atom is -0.352 e. The summed E-state index contributed by atoms with van der Waals surface area (Å²) in [6, 6.07) is 6.66. The SMILES string of the molecule is CC1CCCCCN1c1nc2ccccn2c1CN. The monoisotopic (exact) mass is 258 g/mol. The zero-order valence-electron chi connectivity index (χ0n) is 11.5. The smallest absolute Gasteiger partial charge is 0.152 e. The fraction of sp³-hybridized carbons (Fsp3) is 0.533. The zero-order chi connectivity index (χ0) is 13.2. The molecule has 0 saturated carbocycles. The molecule has 2 N–H and O–H groups in total. The van der Waals surface area contributed by atoms with Crippen LogP contribution in [0.15, 0.2) is 24.4 Å². The predicted octanol–water partition coefficient (Wildman–Crippen LogP) is 2.56. The Morgan fingerprint density at radius 2 is 2.21 bits per heavy atom. The molecule has 1 aliphatic heterocycles. The molecule has 4 nitrogen and oxygen atoms in total. The molecule has 102 valence electrons. The van der Waals surface area contributed by atoms with Gasteiger partial charge in [-0.3, -0.25) is 0 Å². The lowest BCUT2D eigenvalue weighted by molar-refractivity contribution is 0.610. The molecule has 1 saturated heterocycles. The molecule has 1 unspecified atom stereocenters. The maximum Gasteiger partial charge on any atom is 0.152 e. The lowest BCUT2D eigenvalue weighted by Gasteiger charge is -2.28. The van der Waals surface area contributed by atoms with Crippen molar-refractivity contribution in [2.75, 3.05) is 11.4 Å². The van der Waals surface area contributed by atoms with Crippen LogP contribution in [0.5, 0.6) is 0 Å². The van der Waals surface area contributed by atoms with Crippen LogP contribution in [0, 0.1) is 0 Å². The molecule has 0 amide bonds. The maximum absolute atomic E-state index is 5.96. The van der Waals surface area contributed by atoms with E-state index in [9.17, 15) is 0 Å². The summed E-state index contributed by atoms with van der Waals surface area (Å²) in [6.07, 6.45) is 7.20. The Hall–Kier alpha value is -1.55. The molecule has 19 heavy (non-hydrogen) atoms. The van der Waals surface area contributed by atoms with Gasteiger partial charge in [-0.25, -0.2) is 4.98 Å². The van der Waals surface area contributed by atoms with Crippen molar-refractivity contribution in [3.05, 3.63) is 30.1 Å². The van der Waals surface area contributed by atoms with Gasteiger partial charge in [-0.2, -0.15) is 0 Å². The summed E-state index contributed by atoms with van der Waals surface area (Å²) in [5.74, 6) is 1.09. The number of anilines is 1. The molecular formula is C15H22N4. The third-order valence-electron chi connectivity index (χ3n) is 4.13. The molecule has 0 aliphatic carbocycles. The summed E-state index contributed by atoms with van der Waals surface area (Å²) >= 11 is 0. The van der Waals surface area contributed by atoms with E-state index in [1.54, 1.807) is 0 Å². The highest BCUT2D eigenvalue weighted by Crippen LogP contribution is 2.27. The van der Waals surface area contributed by atoms with Crippen LogP contribution in [-0.4, -0.2) is 22.0 Å². The standard InChI is InChI=1S/C15H22N4/c1-12-7-3-2-5-9-18(12)15-13(11-16)19-10-6-4-8-14(19)17-15/h4,6,8,10,12H,2-3,5,7,9,11,16H2,1H3. The third-order valence-corrected chi connectivity index (χ3v) is 4.13. The van der Waals surface area contributed by atoms with E-state index in [4.69, 9.17) is 10.7 Å². The normalized spacial score (nSPS) is 20.7. The van der Waals surface area contributed by atoms with Crippen molar-refractivity contribution in [3.63, 3.8) is 0 Å². The average Bonchev–Trinajstić information content (AvgIpc) is 2.67. The molecule has 1 aliphatic rings. The lowest BCUT2D eigenvalue weighted by atomic mass is 10.1. The van der Waals surface area contributed by atoms with Gasteiger partial charge in [-0.05, 0) is 31.9 Å². The summed E-state index contributed by atoms with van der Waals surface area (Å²) in [5, 5.41) is 0. The van der Waals surface area contributed by atoms with Gasteiger partial charge in [0.2, 0.25) is 0 Å². The number of nitrogens with zero attached hydrogens (tertiary/aromatic N) is 3. The summed E-state index contributed by atoms with van der Waals surface area (Å²) < 4.78 is 2.12. The third kappa shape index (κ3) is 2.21. The summed E-state index contributed by atoms with van der Waals surface area (Å²) in [5.41, 5.74) is 8.09. The second kappa shape index (κ2) is 5.21. The van der Waals surface area contributed by atoms with Crippen molar-refractivity contribution in [3.8, 4) is 0 Å². The minimum absolute atomic E-state index is 0.531. The fourth-order valence-corrected chi connectivity index (χ4v) is 3.04. The summed E-state index contributed by atoms with van der Waals surface area (Å²) in [7, 11) is 0. The Morgan fingerprint density at radius 1 is 1.32 bits per heavy atom. The molecule has 2 aromatic rings. The number of hydrogen-bond acceptors (Lipinski definition) is 3. The lowest BCUT2D eigenvalue weighted by Crippen LogP contribution is -2.33. The van der Waals surface area contributed by atoms with E-state index < -0.39 is 0 Å². The van der Waals surface area contributed by atoms with E-state index in [1.165, 1.54) is 25.7 Å². The fourth-order valence-electron chi connectivity index (χ4n) is 3.04. The number of fused-ring (bicyclic) bond motifs is 1. The van der Waals surface area contributed by atoms with Crippen LogP contribution < -0.4 is 10.6 Å². The molecule has 2 aromatic heterocycles. The van der Waals surface area contributed by atoms with Crippen molar-refractivity contribution in [1.82, 2.24) is 9.38 Å². The first-order chi connectivity index (χ1) is 9.31. The number of aromatic nitrogens is 2. The second-order valence-electron chi connectivity index (χ2n) is 5.41. The van der Waals surface area contributed by atoms with Gasteiger partial charge in [0.1, 0.15) is 5.65 Å². The van der Waals surface area contributed by atoms with E-state index in [-0.39, 0.29) is 0 Å². The molecule has 3 heterocycles. The van der Waals surface area contributed by atoms with E-state index in [0.717, 1.165) is 23.7 Å². The molecule has 3 rings (SSSR count). The number of pyridine rings is 1. The van der Waals surface area contributed by atoms with Gasteiger partial charge in [0.25, 0.3) is 0 Å². The molecule has 1 atom stereocenters. The number of nitrogens with two attached hydrogens (primary N) is 1. The van der Waals surface area contributed by atoms with Crippen molar-refractivity contribution < 1.29 is 0 Å². The number of imidazole rings is 1. The van der Waals surface area contributed by atoms with Crippen LogP contribution >= 0.6 is 0 Å². The second-order valence-corrected chi connectivity index (χ2v) is 5.41. The molecule has 1 fully saturated rings. The number of hydrogen-bond donors (Lipinski definition) is 1. The first-order valence-corrected chi connectivity index (χ1v) is 7.24. The molecule has 0 spiro atoms. The number of rotatable bonds is 2. The van der Waals surface area contributed by atoms with Gasteiger partial charge >= 0.3 is 0 Å². The maximum atomic E-state index is 5.96. The van der Waals surface area contributed by atoms with Gasteiger partial charge in [-0.1, -0.05) is 18.9 Å². The molecule has 0 bridgehead atoms. The Bertz CT molecular complexity index is 560. The average molecular weight is 258 g/mol. The topological polar surface area (TPSA) is 46.6 Å². The van der Waals surface area contributed by atoms with E-state index in [1.807, 2.05) is 18.2 Å². The van der Waals surface area contributed by atoms with Crippen molar-refractivity contribution in [1.29, 1.82) is 0 Å². The Balaban J connectivity index is 2.07. The molecule has 0 radical (unpaired) electrons. The Kier molecular flexibility index (Phi) is 3.42. The first-order valence-electron chi connectivity index (χ1n) is 7.24. The summed E-state index contributed by atoms with van der Waals surface area (Å²) in [4.78, 5) is 7.25. The van der Waals surface area contributed by atoms with E-state index >= 15 is 0 Å². The van der Waals surface area contributed by atoms with Crippen molar-refractivity contribution in [2.45, 2.75) is 45.2 Å². The van der Waals surface area contributed by atoms with Crippen molar-refractivity contribution in [2.24, 2.45) is 5.73 Å². The van der Waals surface area contributed by atoms with E-state index in [0.29, 0.717) is 12.6 Å².